The largest absolute Gasteiger partial charge is 0.473 e. The van der Waals surface area contributed by atoms with Gasteiger partial charge in [-0.15, -0.1) is 0 Å². The van der Waals surface area contributed by atoms with Gasteiger partial charge >= 0.3 is 6.09 Å². The van der Waals surface area contributed by atoms with Gasteiger partial charge in [-0.05, 0) is 78.2 Å². The molecule has 0 spiro atoms. The Morgan fingerprint density at radius 2 is 1.72 bits per heavy atom. The lowest BCUT2D eigenvalue weighted by Crippen LogP contribution is -2.50. The van der Waals surface area contributed by atoms with Crippen LogP contribution in [0.25, 0.3) is 0 Å². The van der Waals surface area contributed by atoms with Crippen LogP contribution in [0.5, 0.6) is 5.88 Å². The van der Waals surface area contributed by atoms with Crippen molar-refractivity contribution in [3.63, 3.8) is 0 Å². The van der Waals surface area contributed by atoms with Crippen LogP contribution in [0, 0.1) is 17.1 Å². The van der Waals surface area contributed by atoms with Gasteiger partial charge in [0.25, 0.3) is 0 Å². The third kappa shape index (κ3) is 5.32. The molecule has 2 saturated heterocycles. The monoisotopic (exact) mass is 445 g/mol. The summed E-state index contributed by atoms with van der Waals surface area (Å²) in [6, 6.07) is 3.48. The summed E-state index contributed by atoms with van der Waals surface area (Å²) in [7, 11) is 0. The zero-order valence-corrected chi connectivity index (χ0v) is 19.1. The second-order valence-electron chi connectivity index (χ2n) is 10.1. The van der Waals surface area contributed by atoms with Gasteiger partial charge < -0.3 is 19.1 Å². The van der Waals surface area contributed by atoms with Gasteiger partial charge in [-0.2, -0.15) is 5.26 Å². The Hall–Kier alpha value is -2.40. The van der Waals surface area contributed by atoms with Crippen molar-refractivity contribution in [2.75, 3.05) is 0 Å². The van der Waals surface area contributed by atoms with Crippen molar-refractivity contribution in [3.05, 3.63) is 23.6 Å². The smallest absolute Gasteiger partial charge is 0.410 e. The number of nitriles is 1. The zero-order valence-electron chi connectivity index (χ0n) is 19.1. The number of ether oxygens (including phenoxy) is 3. The lowest BCUT2D eigenvalue weighted by molar-refractivity contribution is -0.0814. The first-order chi connectivity index (χ1) is 15.2. The van der Waals surface area contributed by atoms with Crippen molar-refractivity contribution in [3.8, 4) is 11.9 Å². The minimum Gasteiger partial charge on any atom is -0.473 e. The maximum absolute atomic E-state index is 13.3. The molecule has 0 radical (unpaired) electrons. The van der Waals surface area contributed by atoms with Gasteiger partial charge in [-0.1, -0.05) is 0 Å². The van der Waals surface area contributed by atoms with Crippen molar-refractivity contribution in [2.45, 2.75) is 108 Å². The van der Waals surface area contributed by atoms with E-state index >= 15 is 0 Å². The topological polar surface area (TPSA) is 84.7 Å². The van der Waals surface area contributed by atoms with Gasteiger partial charge in [0.15, 0.2) is 0 Å². The number of fused-ring (bicyclic) bond motifs is 2. The number of amides is 1. The van der Waals surface area contributed by atoms with E-state index in [0.717, 1.165) is 63.6 Å². The maximum atomic E-state index is 13.3. The van der Waals surface area contributed by atoms with Crippen molar-refractivity contribution in [2.24, 2.45) is 0 Å². The van der Waals surface area contributed by atoms with Crippen LogP contribution in [0.2, 0.25) is 0 Å². The average molecular weight is 446 g/mol. The molecule has 7 nitrogen and oxygen atoms in total. The summed E-state index contributed by atoms with van der Waals surface area (Å²) in [4.78, 5) is 18.5. The molecule has 3 aliphatic rings. The predicted octanol–water partition coefficient (Wildman–Crippen LogP) is 4.73. The number of aromatic nitrogens is 1. The first-order valence-corrected chi connectivity index (χ1v) is 11.6. The van der Waals surface area contributed by atoms with Crippen molar-refractivity contribution >= 4 is 6.09 Å². The molecule has 0 aromatic carbocycles. The Kier molecular flexibility index (Phi) is 6.57. The van der Waals surface area contributed by atoms with Gasteiger partial charge in [0.1, 0.15) is 29.2 Å². The standard InChI is InChI=1S/C24H32FN3O4/c1-24(2,3)32-23(29)28-17-4-5-18(28)12-21(11-17)30-19-6-8-20(9-7-19)31-22-15(13-26)10-16(25)14-27-22/h10,14,17-21H,4-9,11-12H2,1-3H3/t17-,18+,19-,20-,21-. The van der Waals surface area contributed by atoms with Gasteiger partial charge in [0.05, 0.1) is 18.4 Å². The van der Waals surface area contributed by atoms with Crippen LogP contribution in [0.1, 0.15) is 77.7 Å². The number of halogens is 1. The predicted molar refractivity (Wildman–Crippen MR) is 115 cm³/mol. The minimum atomic E-state index is -0.544. The number of rotatable bonds is 4. The molecular weight excluding hydrogens is 413 g/mol. The van der Waals surface area contributed by atoms with Gasteiger partial charge in [0, 0.05) is 12.1 Å². The van der Waals surface area contributed by atoms with Crippen LogP contribution in [0.4, 0.5) is 9.18 Å². The molecule has 174 valence electrons. The van der Waals surface area contributed by atoms with E-state index in [0.29, 0.717) is 0 Å². The molecular formula is C24H32FN3O4. The highest BCUT2D eigenvalue weighted by molar-refractivity contribution is 5.69. The van der Waals surface area contributed by atoms with Gasteiger partial charge in [-0.3, -0.25) is 0 Å². The second-order valence-corrected chi connectivity index (χ2v) is 10.1. The van der Waals surface area contributed by atoms with Crippen LogP contribution < -0.4 is 4.74 Å². The number of carbonyl (C=O) groups excluding carboxylic acids is 1. The Morgan fingerprint density at radius 3 is 2.31 bits per heavy atom. The Labute approximate surface area is 188 Å². The normalized spacial score (nSPS) is 30.0. The van der Waals surface area contributed by atoms with E-state index in [1.54, 1.807) is 0 Å². The molecule has 3 heterocycles. The van der Waals surface area contributed by atoms with Crippen LogP contribution in [0.3, 0.4) is 0 Å². The van der Waals surface area contributed by atoms with E-state index < -0.39 is 11.4 Å². The highest BCUT2D eigenvalue weighted by Gasteiger charge is 2.45. The molecule has 0 N–H and O–H groups in total. The number of pyridine rings is 1. The minimum absolute atomic E-state index is 0.0508. The molecule has 32 heavy (non-hydrogen) atoms. The third-order valence-corrected chi connectivity index (χ3v) is 6.52. The van der Waals surface area contributed by atoms with E-state index in [9.17, 15) is 9.18 Å². The molecule has 1 amide bonds. The van der Waals surface area contributed by atoms with Crippen LogP contribution >= 0.6 is 0 Å². The molecule has 1 aromatic rings. The summed E-state index contributed by atoms with van der Waals surface area (Å²) in [5.74, 6) is -0.345. The van der Waals surface area contributed by atoms with Crippen molar-refractivity contribution < 1.29 is 23.4 Å². The number of hydrogen-bond acceptors (Lipinski definition) is 6. The van der Waals surface area contributed by atoms with E-state index in [-0.39, 0.29) is 47.9 Å². The zero-order chi connectivity index (χ0) is 22.9. The number of piperidine rings is 1. The molecule has 3 fully saturated rings. The molecule has 3 atom stereocenters. The van der Waals surface area contributed by atoms with Crippen LogP contribution in [-0.4, -0.2) is 52.0 Å². The summed E-state index contributed by atoms with van der Waals surface area (Å²) in [5.41, 5.74) is -0.363. The molecule has 1 aliphatic carbocycles. The van der Waals surface area contributed by atoms with Crippen LogP contribution in [-0.2, 0) is 9.47 Å². The lowest BCUT2D eigenvalue weighted by atomic mass is 9.93. The van der Waals surface area contributed by atoms with E-state index in [1.165, 1.54) is 0 Å². The summed E-state index contributed by atoms with van der Waals surface area (Å²) in [6.07, 6.45) is 8.24. The lowest BCUT2D eigenvalue weighted by Gasteiger charge is -2.41. The molecule has 1 aromatic heterocycles. The Balaban J connectivity index is 1.25. The molecule has 8 heteroatoms. The fourth-order valence-corrected chi connectivity index (χ4v) is 5.17. The number of nitrogens with zero attached hydrogens (tertiary/aromatic N) is 3. The maximum Gasteiger partial charge on any atom is 0.410 e. The summed E-state index contributed by atoms with van der Waals surface area (Å²) < 4.78 is 31.2. The summed E-state index contributed by atoms with van der Waals surface area (Å²) in [6.45, 7) is 5.70. The molecule has 1 saturated carbocycles. The fraction of sp³-hybridized carbons (Fsp3) is 0.708. The van der Waals surface area contributed by atoms with E-state index in [4.69, 9.17) is 19.5 Å². The SMILES string of the molecule is CC(C)(C)OC(=O)N1[C@@H]2CC[C@H]1C[C@H](O[C@H]1CC[C@H](Oc3ncc(F)cc3C#N)CC1)C2. The van der Waals surface area contributed by atoms with E-state index in [2.05, 4.69) is 4.98 Å². The quantitative estimate of drug-likeness (QED) is 0.666. The third-order valence-electron chi connectivity index (χ3n) is 6.52. The first kappa shape index (κ1) is 22.8. The molecule has 4 rings (SSSR count). The van der Waals surface area contributed by atoms with Gasteiger partial charge in [-0.25, -0.2) is 14.2 Å². The van der Waals surface area contributed by atoms with Crippen molar-refractivity contribution in [1.29, 1.82) is 5.26 Å². The first-order valence-electron chi connectivity index (χ1n) is 11.6. The van der Waals surface area contributed by atoms with Gasteiger partial charge in [0.2, 0.25) is 5.88 Å². The molecule has 0 unspecified atom stereocenters. The molecule has 2 aliphatic heterocycles. The Morgan fingerprint density at radius 1 is 1.09 bits per heavy atom. The summed E-state index contributed by atoms with van der Waals surface area (Å²) >= 11 is 0. The Bertz CT molecular complexity index is 859. The number of carbonyl (C=O) groups is 1. The second kappa shape index (κ2) is 9.22. The highest BCUT2D eigenvalue weighted by atomic mass is 19.1. The fourth-order valence-electron chi connectivity index (χ4n) is 5.17. The number of hydrogen-bond donors (Lipinski definition) is 0. The van der Waals surface area contributed by atoms with Crippen molar-refractivity contribution in [1.82, 2.24) is 9.88 Å². The summed E-state index contributed by atoms with van der Waals surface area (Å²) in [5, 5.41) is 9.16. The van der Waals surface area contributed by atoms with E-state index in [1.807, 2.05) is 31.7 Å². The molecule has 2 bridgehead atoms. The average Bonchev–Trinajstić information content (AvgIpc) is 3.00. The van der Waals surface area contributed by atoms with Crippen LogP contribution in [0.15, 0.2) is 12.3 Å². The highest BCUT2D eigenvalue weighted by Crippen LogP contribution is 2.39.